The van der Waals surface area contributed by atoms with E-state index in [2.05, 4.69) is 14.4 Å². The van der Waals surface area contributed by atoms with Crippen molar-refractivity contribution in [2.75, 3.05) is 6.61 Å². The number of nitrogens with one attached hydrogen (secondary N) is 1. The lowest BCUT2D eigenvalue weighted by molar-refractivity contribution is -0.153. The van der Waals surface area contributed by atoms with Gasteiger partial charge < -0.3 is 4.74 Å². The van der Waals surface area contributed by atoms with Crippen LogP contribution >= 0.6 is 0 Å². The molecule has 0 atom stereocenters. The highest BCUT2D eigenvalue weighted by molar-refractivity contribution is 7.90. The van der Waals surface area contributed by atoms with Gasteiger partial charge in [0.1, 0.15) is 5.75 Å². The molecule has 1 aromatic heterocycles. The van der Waals surface area contributed by atoms with Crippen LogP contribution in [0.4, 0.5) is 13.2 Å². The van der Waals surface area contributed by atoms with E-state index < -0.39 is 22.8 Å². The average Bonchev–Trinajstić information content (AvgIpc) is 3.18. The Morgan fingerprint density at radius 2 is 2.10 bits per heavy atom. The number of pyridine rings is 1. The lowest BCUT2D eigenvalue weighted by Crippen LogP contribution is -2.27. The Bertz CT molecular complexity index is 571. The first kappa shape index (κ1) is 15.0. The highest BCUT2D eigenvalue weighted by atomic mass is 32.2. The van der Waals surface area contributed by atoms with E-state index in [4.69, 9.17) is 0 Å². The molecule has 20 heavy (non-hydrogen) atoms. The van der Waals surface area contributed by atoms with Crippen LogP contribution in [0.15, 0.2) is 18.5 Å². The molecule has 5 nitrogen and oxygen atoms in total. The summed E-state index contributed by atoms with van der Waals surface area (Å²) < 4.78 is 66.6. The monoisotopic (exact) mass is 310 g/mol. The average molecular weight is 310 g/mol. The molecule has 1 heterocycles. The number of aromatic nitrogens is 1. The van der Waals surface area contributed by atoms with Gasteiger partial charge in [-0.3, -0.25) is 4.98 Å². The van der Waals surface area contributed by atoms with E-state index in [1.807, 2.05) is 0 Å². The van der Waals surface area contributed by atoms with Crippen molar-refractivity contribution in [3.8, 4) is 5.75 Å². The van der Waals surface area contributed by atoms with E-state index in [-0.39, 0.29) is 17.5 Å². The molecular weight excluding hydrogens is 297 g/mol. The second-order valence-electron chi connectivity index (χ2n) is 4.45. The van der Waals surface area contributed by atoms with Crippen LogP contribution in [0.3, 0.4) is 0 Å². The van der Waals surface area contributed by atoms with E-state index in [1.54, 1.807) is 0 Å². The Morgan fingerprint density at radius 1 is 1.40 bits per heavy atom. The molecule has 112 valence electrons. The van der Waals surface area contributed by atoms with Crippen LogP contribution in [-0.2, 0) is 16.6 Å². The van der Waals surface area contributed by atoms with Gasteiger partial charge in [0, 0.05) is 18.3 Å². The smallest absolute Gasteiger partial charge is 0.422 e. The molecule has 0 unspecified atom stereocenters. The maximum absolute atomic E-state index is 12.1. The standard InChI is InChI=1S/C11H13F3N2O3S/c12-11(13,14)7-19-10-6-15-4-3-8(10)5-16-20(17,18)9-1-2-9/h3-4,6,9,16H,1-2,5,7H2. The molecule has 0 aliphatic heterocycles. The topological polar surface area (TPSA) is 68.3 Å². The van der Waals surface area contributed by atoms with Gasteiger partial charge in [-0.15, -0.1) is 0 Å². The van der Waals surface area contributed by atoms with Gasteiger partial charge in [-0.05, 0) is 18.9 Å². The SMILES string of the molecule is O=S(=O)(NCc1ccncc1OCC(F)(F)F)C1CC1. The van der Waals surface area contributed by atoms with Crippen LogP contribution in [0, 0.1) is 0 Å². The van der Waals surface area contributed by atoms with Crippen molar-refractivity contribution in [1.29, 1.82) is 0 Å². The Balaban J connectivity index is 2.00. The van der Waals surface area contributed by atoms with E-state index in [1.165, 1.54) is 12.3 Å². The second kappa shape index (κ2) is 5.57. The van der Waals surface area contributed by atoms with Gasteiger partial charge in [-0.25, -0.2) is 13.1 Å². The molecule has 0 bridgehead atoms. The number of alkyl halides is 3. The number of sulfonamides is 1. The molecule has 1 aromatic rings. The quantitative estimate of drug-likeness (QED) is 0.866. The third-order valence-electron chi connectivity index (χ3n) is 2.69. The highest BCUT2D eigenvalue weighted by Crippen LogP contribution is 2.28. The molecule has 1 aliphatic carbocycles. The van der Waals surface area contributed by atoms with Crippen LogP contribution in [0.5, 0.6) is 5.75 Å². The van der Waals surface area contributed by atoms with Crippen LogP contribution in [0.1, 0.15) is 18.4 Å². The first-order chi connectivity index (χ1) is 9.28. The first-order valence-electron chi connectivity index (χ1n) is 5.89. The van der Waals surface area contributed by atoms with Gasteiger partial charge >= 0.3 is 6.18 Å². The zero-order valence-electron chi connectivity index (χ0n) is 10.4. The second-order valence-corrected chi connectivity index (χ2v) is 6.50. The summed E-state index contributed by atoms with van der Waals surface area (Å²) in [5.74, 6) is -0.0803. The largest absolute Gasteiger partial charge is 0.482 e. The number of ether oxygens (including phenoxy) is 1. The van der Waals surface area contributed by atoms with E-state index in [0.29, 0.717) is 18.4 Å². The Hall–Kier alpha value is -1.35. The summed E-state index contributed by atoms with van der Waals surface area (Å²) in [4.78, 5) is 3.67. The van der Waals surface area contributed by atoms with Crippen LogP contribution in [0.25, 0.3) is 0 Å². The summed E-state index contributed by atoms with van der Waals surface area (Å²) in [5.41, 5.74) is 0.313. The molecule has 0 amide bonds. The van der Waals surface area contributed by atoms with Gasteiger partial charge in [-0.2, -0.15) is 13.2 Å². The molecule has 0 spiro atoms. The predicted octanol–water partition coefficient (Wildman–Crippen LogP) is 1.60. The number of halogens is 3. The van der Waals surface area contributed by atoms with Gasteiger partial charge in [-0.1, -0.05) is 0 Å². The lowest BCUT2D eigenvalue weighted by atomic mass is 10.2. The van der Waals surface area contributed by atoms with Crippen molar-refractivity contribution in [1.82, 2.24) is 9.71 Å². The van der Waals surface area contributed by atoms with Gasteiger partial charge in [0.25, 0.3) is 0 Å². The van der Waals surface area contributed by atoms with E-state index in [9.17, 15) is 21.6 Å². The zero-order chi connectivity index (χ0) is 14.8. The van der Waals surface area contributed by atoms with Gasteiger partial charge in [0.15, 0.2) is 6.61 Å². The van der Waals surface area contributed by atoms with Gasteiger partial charge in [0.2, 0.25) is 10.0 Å². The summed E-state index contributed by atoms with van der Waals surface area (Å²) in [6.07, 6.45) is -0.736. The molecule has 1 saturated carbocycles. The molecular formula is C11H13F3N2O3S. The normalized spacial score (nSPS) is 16.1. The molecule has 1 N–H and O–H groups in total. The summed E-state index contributed by atoms with van der Waals surface area (Å²) in [6, 6.07) is 1.42. The summed E-state index contributed by atoms with van der Waals surface area (Å²) in [5, 5.41) is -0.385. The summed E-state index contributed by atoms with van der Waals surface area (Å²) >= 11 is 0. The minimum absolute atomic E-state index is 0.0803. The molecule has 9 heteroatoms. The highest BCUT2D eigenvalue weighted by Gasteiger charge is 2.35. The molecule has 1 fully saturated rings. The van der Waals surface area contributed by atoms with E-state index in [0.717, 1.165) is 6.20 Å². The van der Waals surface area contributed by atoms with E-state index >= 15 is 0 Å². The fraction of sp³-hybridized carbons (Fsp3) is 0.545. The minimum Gasteiger partial charge on any atom is -0.482 e. The van der Waals surface area contributed by atoms with Crippen LogP contribution in [-0.4, -0.2) is 31.4 Å². The number of rotatable bonds is 6. The molecule has 0 saturated heterocycles. The number of hydrogen-bond acceptors (Lipinski definition) is 4. The number of nitrogens with zero attached hydrogens (tertiary/aromatic N) is 1. The molecule has 2 rings (SSSR count). The maximum atomic E-state index is 12.1. The van der Waals surface area contributed by atoms with Crippen molar-refractivity contribution < 1.29 is 26.3 Å². The predicted molar refractivity (Wildman–Crippen MR) is 64.6 cm³/mol. The first-order valence-corrected chi connectivity index (χ1v) is 7.43. The van der Waals surface area contributed by atoms with Crippen molar-refractivity contribution in [2.45, 2.75) is 30.8 Å². The zero-order valence-corrected chi connectivity index (χ0v) is 11.2. The third kappa shape index (κ3) is 4.34. The molecule has 1 aliphatic rings. The fourth-order valence-electron chi connectivity index (χ4n) is 1.52. The number of hydrogen-bond donors (Lipinski definition) is 1. The van der Waals surface area contributed by atoms with Gasteiger partial charge in [0.05, 0.1) is 11.4 Å². The Kier molecular flexibility index (Phi) is 4.19. The van der Waals surface area contributed by atoms with Crippen LogP contribution < -0.4 is 9.46 Å². The van der Waals surface area contributed by atoms with Crippen molar-refractivity contribution in [2.24, 2.45) is 0 Å². The summed E-state index contributed by atoms with van der Waals surface area (Å²) in [7, 11) is -3.39. The van der Waals surface area contributed by atoms with Crippen molar-refractivity contribution in [3.05, 3.63) is 24.0 Å². The molecule has 0 radical (unpaired) electrons. The third-order valence-corrected chi connectivity index (χ3v) is 4.58. The lowest BCUT2D eigenvalue weighted by Gasteiger charge is -2.13. The van der Waals surface area contributed by atoms with Crippen molar-refractivity contribution in [3.63, 3.8) is 0 Å². The fourth-order valence-corrected chi connectivity index (χ4v) is 2.87. The Morgan fingerprint density at radius 3 is 2.70 bits per heavy atom. The summed E-state index contributed by atoms with van der Waals surface area (Å²) in [6.45, 7) is -1.56. The molecule has 0 aromatic carbocycles. The van der Waals surface area contributed by atoms with Crippen molar-refractivity contribution >= 4 is 10.0 Å². The Labute approximate surface area is 114 Å². The minimum atomic E-state index is -4.46. The van der Waals surface area contributed by atoms with Crippen LogP contribution in [0.2, 0.25) is 0 Å². The maximum Gasteiger partial charge on any atom is 0.422 e.